The van der Waals surface area contributed by atoms with E-state index in [4.69, 9.17) is 71.0 Å². The number of quaternary nitrogens is 2. The molecule has 0 aromatic heterocycles. The van der Waals surface area contributed by atoms with Crippen molar-refractivity contribution in [2.75, 3.05) is 0 Å². The van der Waals surface area contributed by atoms with Crippen LogP contribution in [-0.4, -0.2) is 37.7 Å². The van der Waals surface area contributed by atoms with Gasteiger partial charge in [-0.1, -0.05) is 0 Å². The number of nitrogens with zero attached hydrogens (tertiary/aromatic N) is 6. The summed E-state index contributed by atoms with van der Waals surface area (Å²) in [5.74, 6) is 0. The second-order valence-corrected chi connectivity index (χ2v) is 0. The minimum Gasteiger partial charge on any atom is -0.512 e. The van der Waals surface area contributed by atoms with Gasteiger partial charge in [-0.05, 0) is 0 Å². The third-order valence-electron chi connectivity index (χ3n) is 0. The molecule has 0 bridgehead atoms. The predicted molar refractivity (Wildman–Crippen MR) is 47.5 cm³/mol. The molecule has 0 aliphatic heterocycles. The first-order valence-electron chi connectivity index (χ1n) is 1.34. The van der Waals surface area contributed by atoms with E-state index in [-0.39, 0.29) is 67.1 Å². The fourth-order valence-corrected chi connectivity index (χ4v) is 0. The van der Waals surface area contributed by atoms with E-state index in [2.05, 4.69) is 0 Å². The first-order valence-corrected chi connectivity index (χ1v) is 1.34. The van der Waals surface area contributed by atoms with E-state index in [1.807, 2.05) is 0 Å². The van der Waals surface area contributed by atoms with Crippen molar-refractivity contribution in [3.8, 4) is 0 Å². The third-order valence-corrected chi connectivity index (χ3v) is 0. The minimum atomic E-state index is 0. The van der Waals surface area contributed by atoms with Crippen molar-refractivity contribution < 1.29 is 17.1 Å². The van der Waals surface area contributed by atoms with Gasteiger partial charge in [0.15, 0.2) is 0 Å². The first kappa shape index (κ1) is 127. The Kier molecular flexibility index (Phi) is 9310. The molecule has 8 nitrogen and oxygen atoms in total. The van der Waals surface area contributed by atoms with Gasteiger partial charge in [-0.2, -0.15) is 0 Å². The molecule has 0 rings (SSSR count). The molecule has 0 aliphatic rings. The molecule has 0 aliphatic carbocycles. The molecule has 0 atom stereocenters. The van der Waals surface area contributed by atoms with Gasteiger partial charge in [-0.25, -0.2) is 0 Å². The molecule has 0 fully saturated rings. The van der Waals surface area contributed by atoms with Gasteiger partial charge in [0.05, 0.1) is 0 Å². The molecule has 0 saturated carbocycles. The van der Waals surface area contributed by atoms with Crippen molar-refractivity contribution >= 4 is 37.7 Å². The molecule has 10 heteroatoms. The van der Waals surface area contributed by atoms with Crippen LogP contribution < -0.4 is 12.3 Å². The summed E-state index contributed by atoms with van der Waals surface area (Å²) in [4.78, 5) is 0. The Morgan fingerprint density at radius 1 is 0.375 bits per heavy atom. The zero-order valence-electron chi connectivity index (χ0n) is 8.74. The topological polar surface area (TPSA) is 216 Å². The van der Waals surface area contributed by atoms with Crippen molar-refractivity contribution in [3.05, 3.63) is 39.4 Å². The Labute approximate surface area is 137 Å². The SMILES string of the molecule is [C-]#N.[C-]#N.[C-]#N.[C-]#N.[C-]#N.[C-]#N.[Ca+2].[Fe+2].[NH4+].[NH4+]. The van der Waals surface area contributed by atoms with Crippen LogP contribution in [0.1, 0.15) is 0 Å². The Balaban J connectivity index is -0.00000000321. The van der Waals surface area contributed by atoms with E-state index < -0.39 is 0 Å². The Hall–Kier alpha value is -1.36. The minimum absolute atomic E-state index is 0. The second-order valence-electron chi connectivity index (χ2n) is 0. The summed E-state index contributed by atoms with van der Waals surface area (Å²) >= 11 is 0. The van der Waals surface area contributed by atoms with Crippen LogP contribution in [-0.2, 0) is 17.1 Å². The van der Waals surface area contributed by atoms with Gasteiger partial charge in [0.2, 0.25) is 0 Å². The smallest absolute Gasteiger partial charge is 0.512 e. The summed E-state index contributed by atoms with van der Waals surface area (Å²) in [5, 5.41) is 37.5. The maximum Gasteiger partial charge on any atom is 2.00 e. The van der Waals surface area contributed by atoms with Gasteiger partial charge in [0.25, 0.3) is 0 Å². The molecule has 0 spiro atoms. The van der Waals surface area contributed by atoms with Crippen LogP contribution in [0.2, 0.25) is 0 Å². The Morgan fingerprint density at radius 3 is 0.375 bits per heavy atom. The van der Waals surface area contributed by atoms with Crippen molar-refractivity contribution in [2.24, 2.45) is 0 Å². The van der Waals surface area contributed by atoms with Crippen LogP contribution in [0.25, 0.3) is 0 Å². The summed E-state index contributed by atoms with van der Waals surface area (Å²) in [6.45, 7) is 28.5. The molecule has 0 heterocycles. The number of rotatable bonds is 0. The molecule has 0 radical (unpaired) electrons. The van der Waals surface area contributed by atoms with Gasteiger partial charge in [-0.3, -0.25) is 0 Å². The first-order chi connectivity index (χ1) is 6.00. The average molecular weight is 288 g/mol. The van der Waals surface area contributed by atoms with Crippen molar-refractivity contribution in [1.29, 1.82) is 31.6 Å². The molecule has 0 saturated heterocycles. The Morgan fingerprint density at radius 2 is 0.375 bits per heavy atom. The van der Waals surface area contributed by atoms with Crippen LogP contribution in [0.3, 0.4) is 0 Å². The molecular formula is C6H8CaFeN8. The van der Waals surface area contributed by atoms with Gasteiger partial charge >= 0.3 is 54.8 Å². The fourth-order valence-electron chi connectivity index (χ4n) is 0. The largest absolute Gasteiger partial charge is 2.00 e. The van der Waals surface area contributed by atoms with Crippen LogP contribution in [0.15, 0.2) is 0 Å². The Bertz CT molecular complexity index is 99.5. The van der Waals surface area contributed by atoms with Gasteiger partial charge < -0.3 is 83.3 Å². The summed E-state index contributed by atoms with van der Waals surface area (Å²) in [6, 6.07) is 0. The van der Waals surface area contributed by atoms with Crippen molar-refractivity contribution in [1.82, 2.24) is 12.3 Å². The molecular weight excluding hydrogens is 280 g/mol. The maximum absolute atomic E-state index is 6.25. The maximum atomic E-state index is 6.25. The molecule has 0 amide bonds. The predicted octanol–water partition coefficient (Wildman–Crippen LogP) is 0.947. The average Bonchev–Trinajstić information content (AvgIpc) is 2.33. The van der Waals surface area contributed by atoms with E-state index in [0.717, 1.165) is 0 Å². The molecule has 16 heavy (non-hydrogen) atoms. The summed E-state index contributed by atoms with van der Waals surface area (Å²) < 4.78 is 0. The molecule has 0 aromatic rings. The van der Waals surface area contributed by atoms with Crippen LogP contribution >= 0.6 is 0 Å². The fraction of sp³-hybridized carbons (Fsp3) is 0. The molecule has 8 N–H and O–H groups in total. The van der Waals surface area contributed by atoms with Gasteiger partial charge in [-0.15, -0.1) is 0 Å². The second kappa shape index (κ2) is 1180. The zero-order valence-corrected chi connectivity index (χ0v) is 12.1. The summed E-state index contributed by atoms with van der Waals surface area (Å²) in [5.41, 5.74) is 0. The van der Waals surface area contributed by atoms with Crippen LogP contribution in [0, 0.1) is 71.0 Å². The number of hydrogen-bond donors (Lipinski definition) is 2. The molecule has 0 unspecified atom stereocenters. The van der Waals surface area contributed by atoms with Crippen LogP contribution in [0.4, 0.5) is 0 Å². The number of hydrogen-bond acceptors (Lipinski definition) is 6. The molecule has 82 valence electrons. The van der Waals surface area contributed by atoms with Gasteiger partial charge in [0.1, 0.15) is 0 Å². The van der Waals surface area contributed by atoms with Crippen molar-refractivity contribution in [3.63, 3.8) is 0 Å². The molecule has 0 aromatic carbocycles. The van der Waals surface area contributed by atoms with E-state index in [1.165, 1.54) is 0 Å². The van der Waals surface area contributed by atoms with E-state index >= 15 is 0 Å². The third kappa shape index (κ3) is 925. The quantitative estimate of drug-likeness (QED) is 0.487. The van der Waals surface area contributed by atoms with Crippen molar-refractivity contribution in [2.45, 2.75) is 0 Å². The standard InChI is InChI=1S/6CN.Ca.Fe.2H3N/c6*1-2;;;;/h;;;;;;;;2*1H3/q6*-1;2*+2;;/p+2. The van der Waals surface area contributed by atoms with E-state index in [9.17, 15) is 0 Å². The van der Waals surface area contributed by atoms with Crippen LogP contribution in [0.5, 0.6) is 0 Å². The van der Waals surface area contributed by atoms with E-state index in [1.54, 1.807) is 0 Å². The van der Waals surface area contributed by atoms with Gasteiger partial charge in [0, 0.05) is 0 Å². The van der Waals surface area contributed by atoms with E-state index in [0.29, 0.717) is 0 Å². The normalized spacial score (nSPS) is 0.750. The monoisotopic (exact) mass is 288 g/mol. The zero-order chi connectivity index (χ0) is 12.0. The summed E-state index contributed by atoms with van der Waals surface area (Å²) in [6.07, 6.45) is 0. The summed E-state index contributed by atoms with van der Waals surface area (Å²) in [7, 11) is 0.